The number of hydrogen-bond acceptors (Lipinski definition) is 4. The Morgan fingerprint density at radius 3 is 2.80 bits per heavy atom. The molecule has 25 heavy (non-hydrogen) atoms. The maximum absolute atomic E-state index is 12.3. The number of nitrogens with one attached hydrogen (secondary N) is 1. The van der Waals surface area contributed by atoms with Crippen LogP contribution >= 0.6 is 22.6 Å². The van der Waals surface area contributed by atoms with Gasteiger partial charge in [-0.2, -0.15) is 5.26 Å². The molecule has 0 saturated carbocycles. The summed E-state index contributed by atoms with van der Waals surface area (Å²) < 4.78 is 5.95. The van der Waals surface area contributed by atoms with Gasteiger partial charge in [0.2, 0.25) is 0 Å². The molecule has 0 aromatic heterocycles. The quantitative estimate of drug-likeness (QED) is 0.407. The summed E-state index contributed by atoms with van der Waals surface area (Å²) in [6.45, 7) is 4.13. The Morgan fingerprint density at radius 1 is 1.40 bits per heavy atom. The average Bonchev–Trinajstić information content (AvgIpc) is 2.57. The van der Waals surface area contributed by atoms with E-state index in [1.54, 1.807) is 18.2 Å². The molecule has 0 heterocycles. The first-order valence-electron chi connectivity index (χ1n) is 7.59. The number of benzene rings is 2. The van der Waals surface area contributed by atoms with Crippen LogP contribution in [0.3, 0.4) is 0 Å². The van der Waals surface area contributed by atoms with Crippen LogP contribution in [0.1, 0.15) is 18.1 Å². The molecule has 6 heteroatoms. The van der Waals surface area contributed by atoms with Gasteiger partial charge in [-0.15, -0.1) is 0 Å². The van der Waals surface area contributed by atoms with E-state index in [4.69, 9.17) is 4.74 Å². The molecule has 2 rings (SSSR count). The summed E-state index contributed by atoms with van der Waals surface area (Å²) in [4.78, 5) is 12.3. The number of phenolic OH excluding ortho intramolecular Hbond substituents is 1. The molecule has 0 aliphatic carbocycles. The number of halogens is 1. The van der Waals surface area contributed by atoms with E-state index in [9.17, 15) is 15.2 Å². The topological polar surface area (TPSA) is 82.3 Å². The third-order valence-electron chi connectivity index (χ3n) is 3.30. The molecule has 5 nitrogen and oxygen atoms in total. The molecule has 0 aliphatic heterocycles. The SMILES string of the molecule is CCOc1cc(/C=C(/C#N)C(=O)Nc2cccc(C)c2)cc(I)c1O. The van der Waals surface area contributed by atoms with Crippen molar-refractivity contribution in [2.45, 2.75) is 13.8 Å². The predicted molar refractivity (Wildman–Crippen MR) is 105 cm³/mol. The van der Waals surface area contributed by atoms with Gasteiger partial charge >= 0.3 is 0 Å². The van der Waals surface area contributed by atoms with Crippen LogP contribution in [0.5, 0.6) is 11.5 Å². The third-order valence-corrected chi connectivity index (χ3v) is 4.12. The molecule has 0 aliphatic rings. The van der Waals surface area contributed by atoms with E-state index in [1.165, 1.54) is 6.08 Å². The lowest BCUT2D eigenvalue weighted by atomic mass is 10.1. The van der Waals surface area contributed by atoms with Gasteiger partial charge in [0, 0.05) is 5.69 Å². The minimum atomic E-state index is -0.492. The molecule has 2 N–H and O–H groups in total. The zero-order valence-corrected chi connectivity index (χ0v) is 16.0. The number of carbonyl (C=O) groups excluding carboxylic acids is 1. The summed E-state index contributed by atoms with van der Waals surface area (Å²) in [5.41, 5.74) is 2.20. The molecule has 2 aromatic carbocycles. The van der Waals surface area contributed by atoms with Crippen molar-refractivity contribution in [2.24, 2.45) is 0 Å². The van der Waals surface area contributed by atoms with Crippen LogP contribution < -0.4 is 10.1 Å². The number of aryl methyl sites for hydroxylation is 1. The lowest BCUT2D eigenvalue weighted by molar-refractivity contribution is -0.112. The molecular formula is C19H17IN2O3. The van der Waals surface area contributed by atoms with Crippen LogP contribution in [-0.2, 0) is 4.79 Å². The highest BCUT2D eigenvalue weighted by Gasteiger charge is 2.12. The van der Waals surface area contributed by atoms with Gasteiger partial charge in [-0.05, 0) is 77.9 Å². The second-order valence-corrected chi connectivity index (χ2v) is 6.44. The number of phenols is 1. The molecule has 1 amide bonds. The largest absolute Gasteiger partial charge is 0.504 e. The summed E-state index contributed by atoms with van der Waals surface area (Å²) >= 11 is 1.97. The zero-order valence-electron chi connectivity index (χ0n) is 13.8. The fourth-order valence-electron chi connectivity index (χ4n) is 2.18. The normalized spacial score (nSPS) is 10.9. The van der Waals surface area contributed by atoms with E-state index in [2.05, 4.69) is 5.32 Å². The van der Waals surface area contributed by atoms with Gasteiger partial charge in [0.15, 0.2) is 11.5 Å². The summed E-state index contributed by atoms with van der Waals surface area (Å²) in [6, 6.07) is 12.5. The van der Waals surface area contributed by atoms with E-state index in [1.807, 2.05) is 60.7 Å². The number of ether oxygens (including phenoxy) is 1. The van der Waals surface area contributed by atoms with Gasteiger partial charge in [-0.25, -0.2) is 0 Å². The van der Waals surface area contributed by atoms with Crippen molar-refractivity contribution in [3.05, 3.63) is 56.7 Å². The Balaban J connectivity index is 2.30. The fraction of sp³-hybridized carbons (Fsp3) is 0.158. The van der Waals surface area contributed by atoms with E-state index >= 15 is 0 Å². The van der Waals surface area contributed by atoms with Gasteiger partial charge in [-0.3, -0.25) is 4.79 Å². The van der Waals surface area contributed by atoms with Crippen molar-refractivity contribution >= 4 is 40.3 Å². The number of nitriles is 1. The van der Waals surface area contributed by atoms with Gasteiger partial charge in [-0.1, -0.05) is 12.1 Å². The van der Waals surface area contributed by atoms with Gasteiger partial charge < -0.3 is 15.2 Å². The minimum absolute atomic E-state index is 0.0366. The van der Waals surface area contributed by atoms with E-state index < -0.39 is 5.91 Å². The Kier molecular flexibility index (Phi) is 6.42. The summed E-state index contributed by atoms with van der Waals surface area (Å²) in [7, 11) is 0. The number of aromatic hydroxyl groups is 1. The maximum atomic E-state index is 12.3. The molecule has 2 aromatic rings. The molecule has 0 saturated heterocycles. The standard InChI is InChI=1S/C19H17IN2O3/c1-3-25-17-10-13(9-16(20)18(17)23)8-14(11-21)19(24)22-15-6-4-5-12(2)7-15/h4-10,23H,3H2,1-2H3,(H,22,24)/b14-8-. The van der Waals surface area contributed by atoms with Gasteiger partial charge in [0.05, 0.1) is 10.2 Å². The predicted octanol–water partition coefficient (Wildman–Crippen LogP) is 4.25. The van der Waals surface area contributed by atoms with Crippen molar-refractivity contribution in [3.8, 4) is 17.6 Å². The summed E-state index contributed by atoms with van der Waals surface area (Å²) in [5.74, 6) is -0.131. The van der Waals surface area contributed by atoms with Crippen molar-refractivity contribution in [2.75, 3.05) is 11.9 Å². The number of anilines is 1. The molecule has 0 radical (unpaired) electrons. The van der Waals surface area contributed by atoms with Gasteiger partial charge in [0.1, 0.15) is 11.6 Å². The first-order valence-corrected chi connectivity index (χ1v) is 8.67. The van der Waals surface area contributed by atoms with E-state index in [0.29, 0.717) is 27.2 Å². The lowest BCUT2D eigenvalue weighted by Gasteiger charge is -2.09. The van der Waals surface area contributed by atoms with E-state index in [0.717, 1.165) is 5.56 Å². The van der Waals surface area contributed by atoms with Crippen LogP contribution in [-0.4, -0.2) is 17.6 Å². The highest BCUT2D eigenvalue weighted by molar-refractivity contribution is 14.1. The molecule has 0 unspecified atom stereocenters. The maximum Gasteiger partial charge on any atom is 0.266 e. The zero-order chi connectivity index (χ0) is 18.4. The average molecular weight is 448 g/mol. The Morgan fingerprint density at radius 2 is 2.16 bits per heavy atom. The van der Waals surface area contributed by atoms with Crippen LogP contribution in [0.2, 0.25) is 0 Å². The van der Waals surface area contributed by atoms with Crippen molar-refractivity contribution in [3.63, 3.8) is 0 Å². The molecule has 0 bridgehead atoms. The molecule has 0 fully saturated rings. The van der Waals surface area contributed by atoms with Crippen LogP contribution in [0, 0.1) is 21.8 Å². The summed E-state index contributed by atoms with van der Waals surface area (Å²) in [6.07, 6.45) is 1.47. The molecule has 128 valence electrons. The number of hydrogen-bond donors (Lipinski definition) is 2. The molecule has 0 atom stereocenters. The number of carbonyl (C=O) groups is 1. The van der Waals surface area contributed by atoms with E-state index in [-0.39, 0.29) is 11.3 Å². The number of amides is 1. The smallest absolute Gasteiger partial charge is 0.266 e. The van der Waals surface area contributed by atoms with Crippen molar-refractivity contribution in [1.82, 2.24) is 0 Å². The first-order chi connectivity index (χ1) is 11.9. The first kappa shape index (κ1) is 18.8. The number of nitrogens with zero attached hydrogens (tertiary/aromatic N) is 1. The highest BCUT2D eigenvalue weighted by atomic mass is 127. The summed E-state index contributed by atoms with van der Waals surface area (Å²) in [5, 5.41) is 22.0. The fourth-order valence-corrected chi connectivity index (χ4v) is 2.80. The van der Waals surface area contributed by atoms with Crippen LogP contribution in [0.25, 0.3) is 6.08 Å². The van der Waals surface area contributed by atoms with Crippen molar-refractivity contribution in [1.29, 1.82) is 5.26 Å². The minimum Gasteiger partial charge on any atom is -0.504 e. The Bertz CT molecular complexity index is 869. The monoisotopic (exact) mass is 448 g/mol. The third kappa shape index (κ3) is 4.97. The highest BCUT2D eigenvalue weighted by Crippen LogP contribution is 2.33. The second-order valence-electron chi connectivity index (χ2n) is 5.28. The Hall–Kier alpha value is -2.53. The lowest BCUT2D eigenvalue weighted by Crippen LogP contribution is -2.13. The second kappa shape index (κ2) is 8.53. The molecule has 0 spiro atoms. The van der Waals surface area contributed by atoms with Crippen LogP contribution in [0.15, 0.2) is 42.0 Å². The Labute approximate surface area is 160 Å². The van der Waals surface area contributed by atoms with Gasteiger partial charge in [0.25, 0.3) is 5.91 Å². The van der Waals surface area contributed by atoms with Crippen molar-refractivity contribution < 1.29 is 14.6 Å². The van der Waals surface area contributed by atoms with Crippen LogP contribution in [0.4, 0.5) is 5.69 Å². The number of rotatable bonds is 5. The molecular weight excluding hydrogens is 431 g/mol.